The van der Waals surface area contributed by atoms with Crippen molar-refractivity contribution >= 4 is 21.8 Å². The van der Waals surface area contributed by atoms with Gasteiger partial charge >= 0.3 is 0 Å². The number of pyridine rings is 2. The van der Waals surface area contributed by atoms with E-state index in [9.17, 15) is 0 Å². The highest BCUT2D eigenvalue weighted by atomic mass is 19.1. The molecule has 0 saturated carbocycles. The van der Waals surface area contributed by atoms with Crippen molar-refractivity contribution in [3.05, 3.63) is 89.1 Å². The van der Waals surface area contributed by atoms with Crippen molar-refractivity contribution in [2.75, 3.05) is 0 Å². The Kier molecular flexibility index (Phi) is 7.22. The molecule has 0 aliphatic rings. The van der Waals surface area contributed by atoms with Crippen LogP contribution in [0.4, 0.5) is 4.39 Å². The molecule has 0 bridgehead atoms. The predicted molar refractivity (Wildman–Crippen MR) is 142 cm³/mol. The Morgan fingerprint density at radius 3 is 2.57 bits per heavy atom. The summed E-state index contributed by atoms with van der Waals surface area (Å²) in [5.74, 6) is 5.40. The van der Waals surface area contributed by atoms with E-state index in [1.807, 2.05) is 49.1 Å². The fraction of sp³-hybridized carbons (Fsp3) is 0.233. The number of hydrogen-bond acceptors (Lipinski definition) is 3. The van der Waals surface area contributed by atoms with Crippen molar-refractivity contribution in [2.45, 2.75) is 47.6 Å². The lowest BCUT2D eigenvalue weighted by molar-refractivity contribution is 0.629. The maximum absolute atomic E-state index is 15.3. The lowest BCUT2D eigenvalue weighted by Crippen LogP contribution is -2.02. The van der Waals surface area contributed by atoms with E-state index in [2.05, 4.69) is 42.8 Å². The summed E-state index contributed by atoms with van der Waals surface area (Å²) in [5.41, 5.74) is 6.93. The molecule has 0 aliphatic heterocycles. The van der Waals surface area contributed by atoms with E-state index in [1.165, 1.54) is 17.2 Å². The van der Waals surface area contributed by atoms with E-state index in [1.54, 1.807) is 19.2 Å². The molecule has 0 unspecified atom stereocenters. The molecule has 4 nitrogen and oxygen atoms in total. The Labute approximate surface area is 205 Å². The number of halogens is 1. The van der Waals surface area contributed by atoms with E-state index in [0.717, 1.165) is 33.8 Å². The molecule has 176 valence electrons. The number of aromatic nitrogens is 4. The number of aryl methyl sites for hydroxylation is 2. The molecule has 5 aromatic rings. The van der Waals surface area contributed by atoms with Crippen LogP contribution in [0.1, 0.15) is 49.9 Å². The van der Waals surface area contributed by atoms with Crippen LogP contribution in [-0.2, 0) is 13.0 Å². The van der Waals surface area contributed by atoms with Crippen molar-refractivity contribution in [1.29, 1.82) is 0 Å². The maximum Gasteiger partial charge on any atom is 0.133 e. The number of nitrogens with zero attached hydrogens (tertiary/aromatic N) is 4. The van der Waals surface area contributed by atoms with Crippen LogP contribution in [-0.4, -0.2) is 19.7 Å². The monoisotopic (exact) mass is 464 g/mol. The fourth-order valence-electron chi connectivity index (χ4n) is 4.33. The smallest absolute Gasteiger partial charge is 0.133 e. The first kappa shape index (κ1) is 24.1. The standard InChI is InChI=1S/C28H23FN4.C2H6/c1-4-7-19-9-10-22(24(29)13-19)28-27-23-12-18(3)21(5-2)14-25(23)31-16-26(27)33(32-28)17-20-8-6-11-30-15-20;1-2/h6,8-16H,5,17H2,1-3H3;1-2H3. The van der Waals surface area contributed by atoms with Gasteiger partial charge in [-0.25, -0.2) is 4.39 Å². The molecule has 5 rings (SSSR count). The molecule has 0 amide bonds. The van der Waals surface area contributed by atoms with Crippen LogP contribution in [0.3, 0.4) is 0 Å². The van der Waals surface area contributed by atoms with Gasteiger partial charge in [-0.2, -0.15) is 5.10 Å². The summed E-state index contributed by atoms with van der Waals surface area (Å²) in [6, 6.07) is 13.3. The van der Waals surface area contributed by atoms with Gasteiger partial charge in [-0.05, 0) is 73.4 Å². The summed E-state index contributed by atoms with van der Waals surface area (Å²) in [6.45, 7) is 10.5. The number of hydrogen-bond donors (Lipinski definition) is 0. The van der Waals surface area contributed by atoms with Crippen molar-refractivity contribution in [2.24, 2.45) is 0 Å². The SMILES string of the molecule is CC.CC#Cc1ccc(-c2nn(Cc3cccnc3)c3cnc4cc(CC)c(C)cc4c23)c(F)c1. The molecule has 0 saturated heterocycles. The molecular formula is C30H29FN4. The first-order chi connectivity index (χ1) is 17.1. The Bertz CT molecular complexity index is 1560. The lowest BCUT2D eigenvalue weighted by Gasteiger charge is -2.08. The molecule has 0 atom stereocenters. The number of benzene rings is 2. The zero-order valence-electron chi connectivity index (χ0n) is 20.9. The molecular weight excluding hydrogens is 435 g/mol. The number of fused-ring (bicyclic) bond motifs is 3. The highest BCUT2D eigenvalue weighted by Gasteiger charge is 2.20. The van der Waals surface area contributed by atoms with Crippen molar-refractivity contribution in [3.8, 4) is 23.1 Å². The molecule has 0 radical (unpaired) electrons. The van der Waals surface area contributed by atoms with Crippen LogP contribution in [0.5, 0.6) is 0 Å². The van der Waals surface area contributed by atoms with Crippen LogP contribution in [0, 0.1) is 24.6 Å². The van der Waals surface area contributed by atoms with Gasteiger partial charge in [-0.3, -0.25) is 14.6 Å². The molecule has 0 fully saturated rings. The third kappa shape index (κ3) is 4.65. The molecule has 0 aliphatic carbocycles. The molecule has 5 heteroatoms. The van der Waals surface area contributed by atoms with E-state index < -0.39 is 0 Å². The second-order valence-electron chi connectivity index (χ2n) is 8.10. The van der Waals surface area contributed by atoms with Crippen molar-refractivity contribution < 1.29 is 4.39 Å². The molecule has 0 N–H and O–H groups in total. The van der Waals surface area contributed by atoms with Gasteiger partial charge in [-0.15, -0.1) is 5.92 Å². The fourth-order valence-corrected chi connectivity index (χ4v) is 4.33. The minimum atomic E-state index is -0.338. The van der Waals surface area contributed by atoms with Gasteiger partial charge < -0.3 is 0 Å². The molecule has 35 heavy (non-hydrogen) atoms. The average Bonchev–Trinajstić information content (AvgIpc) is 3.24. The highest BCUT2D eigenvalue weighted by Crippen LogP contribution is 2.36. The zero-order chi connectivity index (χ0) is 24.9. The van der Waals surface area contributed by atoms with Crippen LogP contribution < -0.4 is 0 Å². The third-order valence-corrected chi connectivity index (χ3v) is 5.97. The summed E-state index contributed by atoms with van der Waals surface area (Å²) >= 11 is 0. The van der Waals surface area contributed by atoms with Gasteiger partial charge in [0.15, 0.2) is 0 Å². The minimum absolute atomic E-state index is 0.338. The molecule has 3 heterocycles. The van der Waals surface area contributed by atoms with Gasteiger partial charge in [0, 0.05) is 34.3 Å². The quantitative estimate of drug-likeness (QED) is 0.266. The Balaban J connectivity index is 0.00000141. The summed E-state index contributed by atoms with van der Waals surface area (Å²) < 4.78 is 17.2. The number of rotatable bonds is 4. The van der Waals surface area contributed by atoms with Crippen LogP contribution in [0.2, 0.25) is 0 Å². The van der Waals surface area contributed by atoms with Crippen LogP contribution in [0.15, 0.2) is 61.1 Å². The van der Waals surface area contributed by atoms with E-state index in [-0.39, 0.29) is 5.82 Å². The zero-order valence-corrected chi connectivity index (χ0v) is 20.9. The minimum Gasteiger partial charge on any atom is -0.264 e. The topological polar surface area (TPSA) is 43.6 Å². The van der Waals surface area contributed by atoms with Gasteiger partial charge in [0.05, 0.1) is 23.8 Å². The molecule has 0 spiro atoms. The normalized spacial score (nSPS) is 10.6. The summed E-state index contributed by atoms with van der Waals surface area (Å²) in [5, 5.41) is 6.77. The first-order valence-corrected chi connectivity index (χ1v) is 12.0. The Morgan fingerprint density at radius 2 is 1.89 bits per heavy atom. The Hall–Kier alpha value is -4.04. The molecule has 2 aromatic carbocycles. The predicted octanol–water partition coefficient (Wildman–Crippen LogP) is 7.10. The van der Waals surface area contributed by atoms with Gasteiger partial charge in [0.2, 0.25) is 0 Å². The second-order valence-corrected chi connectivity index (χ2v) is 8.10. The lowest BCUT2D eigenvalue weighted by atomic mass is 9.98. The first-order valence-electron chi connectivity index (χ1n) is 12.0. The van der Waals surface area contributed by atoms with Crippen molar-refractivity contribution in [3.63, 3.8) is 0 Å². The average molecular weight is 465 g/mol. The van der Waals surface area contributed by atoms with Gasteiger partial charge in [0.25, 0.3) is 0 Å². The van der Waals surface area contributed by atoms with Crippen molar-refractivity contribution in [1.82, 2.24) is 19.7 Å². The van der Waals surface area contributed by atoms with E-state index >= 15 is 4.39 Å². The third-order valence-electron chi connectivity index (χ3n) is 5.97. The summed E-state index contributed by atoms with van der Waals surface area (Å²) in [6.07, 6.45) is 6.34. The largest absolute Gasteiger partial charge is 0.264 e. The highest BCUT2D eigenvalue weighted by molar-refractivity contribution is 6.11. The molecule has 3 aromatic heterocycles. The van der Waals surface area contributed by atoms with E-state index in [4.69, 9.17) is 10.1 Å². The summed E-state index contributed by atoms with van der Waals surface area (Å²) in [4.78, 5) is 8.96. The van der Waals surface area contributed by atoms with Gasteiger partial charge in [-0.1, -0.05) is 32.8 Å². The van der Waals surface area contributed by atoms with Crippen LogP contribution in [0.25, 0.3) is 33.1 Å². The summed E-state index contributed by atoms with van der Waals surface area (Å²) in [7, 11) is 0. The maximum atomic E-state index is 15.3. The second kappa shape index (κ2) is 10.5. The Morgan fingerprint density at radius 1 is 1.06 bits per heavy atom. The van der Waals surface area contributed by atoms with E-state index in [0.29, 0.717) is 23.4 Å². The van der Waals surface area contributed by atoms with Crippen LogP contribution >= 0.6 is 0 Å². The van der Waals surface area contributed by atoms with Gasteiger partial charge in [0.1, 0.15) is 11.5 Å².